The monoisotopic (exact) mass is 286 g/mol. The lowest BCUT2D eigenvalue weighted by Crippen LogP contribution is -2.45. The number of halogens is 3. The van der Waals surface area contributed by atoms with Gasteiger partial charge in [0.25, 0.3) is 0 Å². The number of nitrogen functional groups attached to an aromatic ring is 1. The number of nitrogens with zero attached hydrogens (tertiary/aromatic N) is 1. The fraction of sp³-hybridized carbons (Fsp3) is 0.600. The van der Waals surface area contributed by atoms with Crippen LogP contribution in [0, 0.1) is 11.8 Å². The number of hydrogen-bond acceptors (Lipinski definition) is 2. The second-order valence-electron chi connectivity index (χ2n) is 5.98. The van der Waals surface area contributed by atoms with Crippen molar-refractivity contribution in [3.8, 4) is 0 Å². The Morgan fingerprint density at radius 1 is 1.20 bits per heavy atom. The second kappa shape index (κ2) is 5.19. The van der Waals surface area contributed by atoms with E-state index in [0.29, 0.717) is 17.5 Å². The van der Waals surface area contributed by atoms with Crippen LogP contribution in [-0.4, -0.2) is 12.6 Å². The number of alkyl halides is 3. The predicted molar refractivity (Wildman–Crippen MR) is 75.6 cm³/mol. The van der Waals surface area contributed by atoms with Crippen LogP contribution >= 0.6 is 0 Å². The van der Waals surface area contributed by atoms with Crippen molar-refractivity contribution in [3.63, 3.8) is 0 Å². The normalized spacial score (nSPS) is 27.7. The van der Waals surface area contributed by atoms with Crippen LogP contribution < -0.4 is 10.6 Å². The minimum atomic E-state index is -4.41. The molecule has 2 nitrogen and oxygen atoms in total. The van der Waals surface area contributed by atoms with Gasteiger partial charge in [-0.2, -0.15) is 13.2 Å². The molecule has 1 aromatic carbocycles. The van der Waals surface area contributed by atoms with Crippen molar-refractivity contribution in [3.05, 3.63) is 23.8 Å². The van der Waals surface area contributed by atoms with E-state index in [4.69, 9.17) is 5.73 Å². The summed E-state index contributed by atoms with van der Waals surface area (Å²) in [5, 5.41) is 0. The highest BCUT2D eigenvalue weighted by Crippen LogP contribution is 2.38. The Kier molecular flexibility index (Phi) is 3.89. The van der Waals surface area contributed by atoms with E-state index in [2.05, 4.69) is 25.7 Å². The van der Waals surface area contributed by atoms with Crippen molar-refractivity contribution in [1.29, 1.82) is 0 Å². The van der Waals surface area contributed by atoms with Crippen molar-refractivity contribution in [2.24, 2.45) is 11.8 Å². The number of rotatable bonds is 1. The van der Waals surface area contributed by atoms with Gasteiger partial charge in [-0.3, -0.25) is 0 Å². The summed E-state index contributed by atoms with van der Waals surface area (Å²) in [6, 6.07) is 4.45. The maximum atomic E-state index is 12.9. The molecule has 2 rings (SSSR count). The average molecular weight is 286 g/mol. The quantitative estimate of drug-likeness (QED) is 0.785. The van der Waals surface area contributed by atoms with Gasteiger partial charge in [0, 0.05) is 24.0 Å². The number of anilines is 2. The molecule has 1 heterocycles. The number of benzene rings is 1. The average Bonchev–Trinajstić information content (AvgIpc) is 2.33. The molecule has 1 aliphatic rings. The Labute approximate surface area is 117 Å². The van der Waals surface area contributed by atoms with E-state index in [1.807, 2.05) is 0 Å². The molecule has 1 aromatic rings. The van der Waals surface area contributed by atoms with E-state index < -0.39 is 11.7 Å². The van der Waals surface area contributed by atoms with Crippen molar-refractivity contribution >= 4 is 11.4 Å². The molecule has 112 valence electrons. The summed E-state index contributed by atoms with van der Waals surface area (Å²) in [6.45, 7) is 7.14. The van der Waals surface area contributed by atoms with Gasteiger partial charge in [0.1, 0.15) is 0 Å². The van der Waals surface area contributed by atoms with Crippen LogP contribution in [0.5, 0.6) is 0 Å². The zero-order valence-corrected chi connectivity index (χ0v) is 12.0. The fourth-order valence-corrected chi connectivity index (χ4v) is 3.02. The van der Waals surface area contributed by atoms with Gasteiger partial charge < -0.3 is 10.6 Å². The minimum absolute atomic E-state index is 0.216. The Hall–Kier alpha value is -1.39. The topological polar surface area (TPSA) is 29.3 Å². The third-order valence-corrected chi connectivity index (χ3v) is 4.27. The van der Waals surface area contributed by atoms with Gasteiger partial charge in [-0.15, -0.1) is 0 Å². The lowest BCUT2D eigenvalue weighted by Gasteiger charge is -2.43. The highest BCUT2D eigenvalue weighted by Gasteiger charge is 2.35. The lowest BCUT2D eigenvalue weighted by molar-refractivity contribution is -0.136. The minimum Gasteiger partial charge on any atom is -0.398 e. The van der Waals surface area contributed by atoms with Gasteiger partial charge in [0.2, 0.25) is 0 Å². The summed E-state index contributed by atoms with van der Waals surface area (Å²) in [5.41, 5.74) is 5.11. The van der Waals surface area contributed by atoms with Gasteiger partial charge in [0.15, 0.2) is 0 Å². The molecule has 0 aliphatic carbocycles. The van der Waals surface area contributed by atoms with Crippen LogP contribution in [0.1, 0.15) is 32.8 Å². The molecule has 1 fully saturated rings. The van der Waals surface area contributed by atoms with Crippen LogP contribution in [0.2, 0.25) is 0 Å². The Balaban J connectivity index is 2.37. The van der Waals surface area contributed by atoms with E-state index in [1.165, 1.54) is 12.1 Å². The second-order valence-corrected chi connectivity index (χ2v) is 5.98. The molecule has 3 unspecified atom stereocenters. The summed E-state index contributed by atoms with van der Waals surface area (Å²) in [5.74, 6) is 0.943. The van der Waals surface area contributed by atoms with Gasteiger partial charge in [0.05, 0.1) is 5.56 Å². The Bertz CT molecular complexity index is 484. The molecule has 0 saturated carbocycles. The summed E-state index contributed by atoms with van der Waals surface area (Å²) >= 11 is 0. The molecule has 0 aromatic heterocycles. The van der Waals surface area contributed by atoms with Gasteiger partial charge in [-0.1, -0.05) is 13.8 Å². The molecule has 20 heavy (non-hydrogen) atoms. The molecule has 1 aliphatic heterocycles. The van der Waals surface area contributed by atoms with E-state index >= 15 is 0 Å². The molecule has 0 amide bonds. The first-order valence-electron chi connectivity index (χ1n) is 6.93. The van der Waals surface area contributed by atoms with Crippen molar-refractivity contribution in [1.82, 2.24) is 0 Å². The first kappa shape index (κ1) is 15.0. The van der Waals surface area contributed by atoms with Crippen LogP contribution in [0.4, 0.5) is 24.5 Å². The summed E-state index contributed by atoms with van der Waals surface area (Å²) < 4.78 is 38.8. The molecular weight excluding hydrogens is 265 g/mol. The summed E-state index contributed by atoms with van der Waals surface area (Å²) in [6.07, 6.45) is -3.30. The number of hydrogen-bond donors (Lipinski definition) is 1. The van der Waals surface area contributed by atoms with Crippen molar-refractivity contribution in [2.75, 3.05) is 17.2 Å². The molecule has 5 heteroatoms. The first-order valence-corrected chi connectivity index (χ1v) is 6.93. The third-order valence-electron chi connectivity index (χ3n) is 4.27. The Morgan fingerprint density at radius 3 is 2.45 bits per heavy atom. The van der Waals surface area contributed by atoms with E-state index in [-0.39, 0.29) is 11.7 Å². The van der Waals surface area contributed by atoms with E-state index in [0.717, 1.165) is 13.0 Å². The molecule has 0 bridgehead atoms. The van der Waals surface area contributed by atoms with Crippen LogP contribution in [0.15, 0.2) is 18.2 Å². The third kappa shape index (κ3) is 2.86. The van der Waals surface area contributed by atoms with Crippen LogP contribution in [-0.2, 0) is 6.18 Å². The van der Waals surface area contributed by atoms with Crippen molar-refractivity contribution in [2.45, 2.75) is 39.4 Å². The predicted octanol–water partition coefficient (Wildman–Crippen LogP) is 4.16. The highest BCUT2D eigenvalue weighted by atomic mass is 19.4. The van der Waals surface area contributed by atoms with E-state index in [1.54, 1.807) is 6.07 Å². The largest absolute Gasteiger partial charge is 0.418 e. The maximum Gasteiger partial charge on any atom is 0.418 e. The fourth-order valence-electron chi connectivity index (χ4n) is 3.02. The first-order chi connectivity index (χ1) is 9.20. The molecular formula is C15H21F3N2. The highest BCUT2D eigenvalue weighted by molar-refractivity contribution is 5.60. The SMILES string of the molecule is CC1CC(C)C(C)N(c2ccc(N)c(C(F)(F)F)c2)C1. The number of nitrogens with two attached hydrogens (primary N) is 1. The van der Waals surface area contributed by atoms with Crippen LogP contribution in [0.25, 0.3) is 0 Å². The lowest BCUT2D eigenvalue weighted by atomic mass is 9.85. The molecule has 2 N–H and O–H groups in total. The summed E-state index contributed by atoms with van der Waals surface area (Å²) in [4.78, 5) is 2.06. The standard InChI is InChI=1S/C15H21F3N2/c1-9-6-10(2)11(3)20(8-9)12-4-5-14(19)13(7-12)15(16,17)18/h4-5,7,9-11H,6,8,19H2,1-3H3. The molecule has 1 saturated heterocycles. The van der Waals surface area contributed by atoms with Gasteiger partial charge in [-0.05, 0) is 43.4 Å². The maximum absolute atomic E-state index is 12.9. The van der Waals surface area contributed by atoms with Crippen LogP contribution in [0.3, 0.4) is 0 Å². The van der Waals surface area contributed by atoms with Crippen molar-refractivity contribution < 1.29 is 13.2 Å². The zero-order chi connectivity index (χ0) is 15.1. The molecule has 3 atom stereocenters. The molecule has 0 spiro atoms. The smallest absolute Gasteiger partial charge is 0.398 e. The van der Waals surface area contributed by atoms with Gasteiger partial charge in [-0.25, -0.2) is 0 Å². The zero-order valence-electron chi connectivity index (χ0n) is 12.0. The Morgan fingerprint density at radius 2 is 1.85 bits per heavy atom. The van der Waals surface area contributed by atoms with Gasteiger partial charge >= 0.3 is 6.18 Å². The van der Waals surface area contributed by atoms with E-state index in [9.17, 15) is 13.2 Å². The summed E-state index contributed by atoms with van der Waals surface area (Å²) in [7, 11) is 0. The number of piperidine rings is 1. The molecule has 0 radical (unpaired) electrons.